The van der Waals surface area contributed by atoms with Gasteiger partial charge in [0.15, 0.2) is 5.76 Å². The van der Waals surface area contributed by atoms with Crippen molar-refractivity contribution in [1.82, 2.24) is 14.7 Å². The Balaban J connectivity index is 1.60. The van der Waals surface area contributed by atoms with E-state index in [4.69, 9.17) is 4.42 Å². The molecular weight excluding hydrogens is 346 g/mol. The van der Waals surface area contributed by atoms with Crippen LogP contribution in [0.25, 0.3) is 0 Å². The molecular formula is C20H29N3O4. The smallest absolute Gasteiger partial charge is 0.289 e. The fraction of sp³-hybridized carbons (Fsp3) is 0.650. The summed E-state index contributed by atoms with van der Waals surface area (Å²) >= 11 is 0. The van der Waals surface area contributed by atoms with Crippen LogP contribution in [-0.4, -0.2) is 71.7 Å². The number of rotatable bonds is 7. The predicted octanol–water partition coefficient (Wildman–Crippen LogP) is 1.99. The van der Waals surface area contributed by atoms with Gasteiger partial charge in [0.05, 0.1) is 6.26 Å². The van der Waals surface area contributed by atoms with Gasteiger partial charge in [0.25, 0.3) is 5.91 Å². The number of carbonyl (C=O) groups excluding carboxylic acids is 3. The molecule has 1 aliphatic carbocycles. The van der Waals surface area contributed by atoms with E-state index in [1.165, 1.54) is 6.26 Å². The Kier molecular flexibility index (Phi) is 5.87. The molecule has 0 radical (unpaired) electrons. The Bertz CT molecular complexity index is 667. The summed E-state index contributed by atoms with van der Waals surface area (Å²) in [7, 11) is 0. The number of amides is 3. The van der Waals surface area contributed by atoms with Gasteiger partial charge in [-0.15, -0.1) is 0 Å². The van der Waals surface area contributed by atoms with Gasteiger partial charge in [0.1, 0.15) is 5.41 Å². The Hall–Kier alpha value is -2.31. The Labute approximate surface area is 160 Å². The number of hydrogen-bond donors (Lipinski definition) is 0. The molecule has 1 saturated carbocycles. The Morgan fingerprint density at radius 1 is 1.04 bits per heavy atom. The third kappa shape index (κ3) is 3.87. The lowest BCUT2D eigenvalue weighted by molar-refractivity contribution is -0.150. The third-order valence-corrected chi connectivity index (χ3v) is 5.43. The second-order valence-electron chi connectivity index (χ2n) is 7.44. The van der Waals surface area contributed by atoms with Gasteiger partial charge in [-0.2, -0.15) is 0 Å². The second kappa shape index (κ2) is 8.15. The standard InChI is InChI=1S/C20H29N3O4/c1-3-9-22(10-4-2)18(25)20(7-8-20)19(26)23-13-11-21(12-14-23)17(24)16-6-5-15-27-16/h5-6,15H,3-4,7-14H2,1-2H3. The van der Waals surface area contributed by atoms with E-state index in [1.54, 1.807) is 21.9 Å². The maximum absolute atomic E-state index is 13.1. The van der Waals surface area contributed by atoms with Crippen LogP contribution in [0.5, 0.6) is 0 Å². The molecule has 0 aromatic carbocycles. The summed E-state index contributed by atoms with van der Waals surface area (Å²) in [5.41, 5.74) is -0.850. The molecule has 1 saturated heterocycles. The lowest BCUT2D eigenvalue weighted by Gasteiger charge is -2.37. The van der Waals surface area contributed by atoms with Gasteiger partial charge in [-0.3, -0.25) is 14.4 Å². The highest BCUT2D eigenvalue weighted by Crippen LogP contribution is 2.49. The lowest BCUT2D eigenvalue weighted by atomic mass is 10.0. The lowest BCUT2D eigenvalue weighted by Crippen LogP contribution is -2.54. The normalized spacial score (nSPS) is 18.3. The first kappa shape index (κ1) is 19.5. The van der Waals surface area contributed by atoms with E-state index in [9.17, 15) is 14.4 Å². The van der Waals surface area contributed by atoms with Gasteiger partial charge in [0.2, 0.25) is 11.8 Å². The summed E-state index contributed by atoms with van der Waals surface area (Å²) in [5, 5.41) is 0. The average Bonchev–Trinajstić information content (AvgIpc) is 3.32. The van der Waals surface area contributed by atoms with Crippen LogP contribution in [0.1, 0.15) is 50.1 Å². The molecule has 3 amide bonds. The van der Waals surface area contributed by atoms with Crippen LogP contribution >= 0.6 is 0 Å². The summed E-state index contributed by atoms with van der Waals surface area (Å²) in [6.07, 6.45) is 4.54. The minimum atomic E-state index is -0.850. The van der Waals surface area contributed by atoms with E-state index in [0.29, 0.717) is 57.9 Å². The van der Waals surface area contributed by atoms with Crippen molar-refractivity contribution >= 4 is 17.7 Å². The van der Waals surface area contributed by atoms with Crippen molar-refractivity contribution in [2.45, 2.75) is 39.5 Å². The van der Waals surface area contributed by atoms with Crippen molar-refractivity contribution in [3.05, 3.63) is 24.2 Å². The monoisotopic (exact) mass is 375 g/mol. The number of piperazine rings is 1. The maximum Gasteiger partial charge on any atom is 0.289 e. The van der Waals surface area contributed by atoms with Gasteiger partial charge in [-0.05, 0) is 37.8 Å². The summed E-state index contributed by atoms with van der Waals surface area (Å²) in [4.78, 5) is 43.8. The van der Waals surface area contributed by atoms with Crippen molar-refractivity contribution < 1.29 is 18.8 Å². The van der Waals surface area contributed by atoms with Crippen LogP contribution in [0, 0.1) is 5.41 Å². The molecule has 2 fully saturated rings. The molecule has 1 aliphatic heterocycles. The minimum absolute atomic E-state index is 0.00899. The van der Waals surface area contributed by atoms with Gasteiger partial charge in [-0.25, -0.2) is 0 Å². The van der Waals surface area contributed by atoms with E-state index >= 15 is 0 Å². The molecule has 7 nitrogen and oxygen atoms in total. The molecule has 1 aromatic heterocycles. The van der Waals surface area contributed by atoms with Crippen molar-refractivity contribution in [1.29, 1.82) is 0 Å². The van der Waals surface area contributed by atoms with E-state index in [2.05, 4.69) is 0 Å². The molecule has 0 unspecified atom stereocenters. The number of nitrogens with zero attached hydrogens (tertiary/aromatic N) is 3. The van der Waals surface area contributed by atoms with Crippen LogP contribution in [0.4, 0.5) is 0 Å². The van der Waals surface area contributed by atoms with Gasteiger partial charge < -0.3 is 19.1 Å². The highest BCUT2D eigenvalue weighted by Gasteiger charge is 2.59. The van der Waals surface area contributed by atoms with Crippen molar-refractivity contribution in [2.75, 3.05) is 39.3 Å². The first-order valence-electron chi connectivity index (χ1n) is 9.95. The SMILES string of the molecule is CCCN(CCC)C(=O)C1(C(=O)N2CCN(C(=O)c3ccco3)CC2)CC1. The second-order valence-corrected chi connectivity index (χ2v) is 7.44. The van der Waals surface area contributed by atoms with Crippen LogP contribution in [0.3, 0.4) is 0 Å². The Morgan fingerprint density at radius 3 is 2.11 bits per heavy atom. The molecule has 7 heteroatoms. The molecule has 148 valence electrons. The number of furan rings is 1. The van der Waals surface area contributed by atoms with E-state index in [-0.39, 0.29) is 17.7 Å². The molecule has 0 N–H and O–H groups in total. The summed E-state index contributed by atoms with van der Waals surface area (Å²) < 4.78 is 5.17. The topological polar surface area (TPSA) is 74.1 Å². The molecule has 0 spiro atoms. The maximum atomic E-state index is 13.1. The van der Waals surface area contributed by atoms with Crippen molar-refractivity contribution in [2.24, 2.45) is 5.41 Å². The molecule has 0 atom stereocenters. The highest BCUT2D eigenvalue weighted by atomic mass is 16.3. The summed E-state index contributed by atoms with van der Waals surface area (Å²) in [5.74, 6) is 0.0971. The molecule has 2 aliphatic rings. The highest BCUT2D eigenvalue weighted by molar-refractivity contribution is 6.08. The number of carbonyl (C=O) groups is 3. The fourth-order valence-electron chi connectivity index (χ4n) is 3.77. The van der Waals surface area contributed by atoms with Crippen LogP contribution in [0.2, 0.25) is 0 Å². The first-order chi connectivity index (χ1) is 13.0. The molecule has 2 heterocycles. The van der Waals surface area contributed by atoms with E-state index < -0.39 is 5.41 Å². The largest absolute Gasteiger partial charge is 0.459 e. The summed E-state index contributed by atoms with van der Waals surface area (Å²) in [6, 6.07) is 3.33. The minimum Gasteiger partial charge on any atom is -0.459 e. The van der Waals surface area contributed by atoms with Crippen LogP contribution in [-0.2, 0) is 9.59 Å². The van der Waals surface area contributed by atoms with Gasteiger partial charge >= 0.3 is 0 Å². The zero-order valence-corrected chi connectivity index (χ0v) is 16.3. The predicted molar refractivity (Wildman–Crippen MR) is 100 cm³/mol. The van der Waals surface area contributed by atoms with Gasteiger partial charge in [-0.1, -0.05) is 13.8 Å². The van der Waals surface area contributed by atoms with Crippen molar-refractivity contribution in [3.63, 3.8) is 0 Å². The zero-order valence-electron chi connectivity index (χ0n) is 16.3. The molecule has 1 aromatic rings. The number of hydrogen-bond acceptors (Lipinski definition) is 4. The average molecular weight is 375 g/mol. The third-order valence-electron chi connectivity index (χ3n) is 5.43. The zero-order chi connectivity index (χ0) is 19.4. The van der Waals surface area contributed by atoms with Gasteiger partial charge in [0, 0.05) is 39.3 Å². The summed E-state index contributed by atoms with van der Waals surface area (Å²) in [6.45, 7) is 7.34. The van der Waals surface area contributed by atoms with E-state index in [1.807, 2.05) is 18.7 Å². The fourth-order valence-corrected chi connectivity index (χ4v) is 3.77. The Morgan fingerprint density at radius 2 is 1.63 bits per heavy atom. The van der Waals surface area contributed by atoms with E-state index in [0.717, 1.165) is 12.8 Å². The van der Waals surface area contributed by atoms with Crippen LogP contribution < -0.4 is 0 Å². The molecule has 0 bridgehead atoms. The van der Waals surface area contributed by atoms with Crippen molar-refractivity contribution in [3.8, 4) is 0 Å². The van der Waals surface area contributed by atoms with Crippen LogP contribution in [0.15, 0.2) is 22.8 Å². The quantitative estimate of drug-likeness (QED) is 0.683. The molecule has 3 rings (SSSR count). The first-order valence-corrected chi connectivity index (χ1v) is 9.95. The molecule has 27 heavy (non-hydrogen) atoms.